The first-order chi connectivity index (χ1) is 12.5. The topological polar surface area (TPSA) is 106 Å². The number of nitro benzene ring substituents is 1. The van der Waals surface area contributed by atoms with Gasteiger partial charge in [-0.25, -0.2) is 9.67 Å². The molecule has 26 heavy (non-hydrogen) atoms. The maximum Gasteiger partial charge on any atom is 0.270 e. The minimum atomic E-state index is -0.476. The Morgan fingerprint density at radius 2 is 2.15 bits per heavy atom. The van der Waals surface area contributed by atoms with E-state index in [2.05, 4.69) is 34.1 Å². The van der Waals surface area contributed by atoms with Crippen molar-refractivity contribution in [2.75, 3.05) is 26.2 Å². The van der Waals surface area contributed by atoms with Gasteiger partial charge in [-0.15, -0.1) is 0 Å². The Bertz CT molecular complexity index is 769. The number of non-ortho nitro benzene ring substituents is 1. The number of likely N-dealkylation sites (N-methyl/N-ethyl adjacent to an activating group) is 1. The van der Waals surface area contributed by atoms with Gasteiger partial charge in [-0.3, -0.25) is 14.9 Å². The van der Waals surface area contributed by atoms with Gasteiger partial charge in [-0.05, 0) is 24.7 Å². The predicted octanol–water partition coefficient (Wildman–Crippen LogP) is 1.64. The van der Waals surface area contributed by atoms with E-state index in [1.807, 2.05) is 0 Å². The molecule has 0 aliphatic rings. The molecule has 1 amide bonds. The molecule has 1 aromatic carbocycles. The van der Waals surface area contributed by atoms with Crippen molar-refractivity contribution in [2.45, 2.75) is 13.8 Å². The Labute approximate surface area is 151 Å². The molecule has 1 aromatic heterocycles. The van der Waals surface area contributed by atoms with Crippen molar-refractivity contribution < 1.29 is 9.72 Å². The molecule has 9 heteroatoms. The molecule has 9 nitrogen and oxygen atoms in total. The van der Waals surface area contributed by atoms with Crippen LogP contribution in [-0.2, 0) is 4.79 Å². The van der Waals surface area contributed by atoms with E-state index >= 15 is 0 Å². The number of carbonyl (C=O) groups is 1. The van der Waals surface area contributed by atoms with Crippen LogP contribution in [0.5, 0.6) is 0 Å². The quantitative estimate of drug-likeness (QED) is 0.415. The fourth-order valence-electron chi connectivity index (χ4n) is 2.41. The standard InChI is InChI=1S/C17H22N6O3/c1-3-21(4-2)9-8-19-17(24)16(22-13-18-12-20-22)11-14-6-5-7-15(10-14)23(25)26/h5-7,10-13H,3-4,8-9H2,1-2H3,(H,19,24)/b16-11-. The SMILES string of the molecule is CCN(CC)CCNC(=O)/C(=C/c1cccc([N+](=O)[O-])c1)n1cncn1. The number of carbonyl (C=O) groups excluding carboxylic acids is 1. The van der Waals surface area contributed by atoms with Gasteiger partial charge in [0, 0.05) is 25.2 Å². The summed E-state index contributed by atoms with van der Waals surface area (Å²) >= 11 is 0. The van der Waals surface area contributed by atoms with Gasteiger partial charge in [0.05, 0.1) is 4.92 Å². The largest absolute Gasteiger partial charge is 0.349 e. The van der Waals surface area contributed by atoms with Crippen molar-refractivity contribution in [3.05, 3.63) is 52.6 Å². The molecule has 1 heterocycles. The summed E-state index contributed by atoms with van der Waals surface area (Å²) in [6.07, 6.45) is 4.28. The Balaban J connectivity index is 2.20. The summed E-state index contributed by atoms with van der Waals surface area (Å²) in [5.41, 5.74) is 0.727. The molecule has 2 aromatic rings. The van der Waals surface area contributed by atoms with Crippen LogP contribution in [0.4, 0.5) is 5.69 Å². The van der Waals surface area contributed by atoms with Gasteiger partial charge in [0.2, 0.25) is 0 Å². The highest BCUT2D eigenvalue weighted by Crippen LogP contribution is 2.17. The van der Waals surface area contributed by atoms with E-state index < -0.39 is 4.92 Å². The molecule has 1 N–H and O–H groups in total. The molecule has 138 valence electrons. The smallest absolute Gasteiger partial charge is 0.270 e. The number of benzene rings is 1. The van der Waals surface area contributed by atoms with Gasteiger partial charge in [0.25, 0.3) is 11.6 Å². The molecule has 0 unspecified atom stereocenters. The van der Waals surface area contributed by atoms with Crippen molar-refractivity contribution in [1.29, 1.82) is 0 Å². The highest BCUT2D eigenvalue weighted by molar-refractivity contribution is 6.18. The maximum atomic E-state index is 12.6. The minimum absolute atomic E-state index is 0.0429. The van der Waals surface area contributed by atoms with Crippen LogP contribution in [0.25, 0.3) is 11.8 Å². The second-order valence-electron chi connectivity index (χ2n) is 5.50. The molecule has 0 aliphatic heterocycles. The molecule has 0 atom stereocenters. The van der Waals surface area contributed by atoms with Crippen molar-refractivity contribution in [2.24, 2.45) is 0 Å². The summed E-state index contributed by atoms with van der Waals surface area (Å²) < 4.78 is 1.34. The Kier molecular flexibility index (Phi) is 6.98. The number of hydrogen-bond acceptors (Lipinski definition) is 6. The average Bonchev–Trinajstić information content (AvgIpc) is 3.17. The Morgan fingerprint density at radius 1 is 1.38 bits per heavy atom. The summed E-state index contributed by atoms with van der Waals surface area (Å²) in [6, 6.07) is 6.06. The first-order valence-corrected chi connectivity index (χ1v) is 8.36. The van der Waals surface area contributed by atoms with Crippen molar-refractivity contribution >= 4 is 23.4 Å². The monoisotopic (exact) mass is 358 g/mol. The molecular formula is C17H22N6O3. The Morgan fingerprint density at radius 3 is 2.77 bits per heavy atom. The predicted molar refractivity (Wildman–Crippen MR) is 98.1 cm³/mol. The van der Waals surface area contributed by atoms with E-state index in [0.29, 0.717) is 12.1 Å². The highest BCUT2D eigenvalue weighted by Gasteiger charge is 2.14. The van der Waals surface area contributed by atoms with Crippen LogP contribution in [0, 0.1) is 10.1 Å². The zero-order valence-corrected chi connectivity index (χ0v) is 14.8. The molecule has 2 rings (SSSR count). The van der Waals surface area contributed by atoms with Crippen LogP contribution in [0.1, 0.15) is 19.4 Å². The first-order valence-electron chi connectivity index (χ1n) is 8.36. The number of aromatic nitrogens is 3. The van der Waals surface area contributed by atoms with Crippen LogP contribution in [0.2, 0.25) is 0 Å². The summed E-state index contributed by atoms with van der Waals surface area (Å²) in [6.45, 7) is 7.17. The molecule has 0 spiro atoms. The number of hydrogen-bond donors (Lipinski definition) is 1. The summed E-state index contributed by atoms with van der Waals surface area (Å²) in [5, 5.41) is 17.8. The van der Waals surface area contributed by atoms with E-state index in [9.17, 15) is 14.9 Å². The molecule has 0 radical (unpaired) electrons. The normalized spacial score (nSPS) is 11.6. The summed E-state index contributed by atoms with van der Waals surface area (Å²) in [5.74, 6) is -0.325. The molecule has 0 bridgehead atoms. The fourth-order valence-corrected chi connectivity index (χ4v) is 2.41. The number of nitrogens with zero attached hydrogens (tertiary/aromatic N) is 5. The van der Waals surface area contributed by atoms with E-state index in [1.54, 1.807) is 18.2 Å². The number of amides is 1. The first kappa shape index (κ1) is 19.3. The second-order valence-corrected chi connectivity index (χ2v) is 5.50. The van der Waals surface area contributed by atoms with E-state index in [4.69, 9.17) is 0 Å². The molecule has 0 saturated heterocycles. The summed E-state index contributed by atoms with van der Waals surface area (Å²) in [7, 11) is 0. The lowest BCUT2D eigenvalue weighted by Gasteiger charge is -2.18. The highest BCUT2D eigenvalue weighted by atomic mass is 16.6. The van der Waals surface area contributed by atoms with Gasteiger partial charge in [0.15, 0.2) is 0 Å². The lowest BCUT2D eigenvalue weighted by atomic mass is 10.1. The molecule has 0 fully saturated rings. The van der Waals surface area contributed by atoms with E-state index in [0.717, 1.165) is 19.6 Å². The Hall–Kier alpha value is -3.07. The van der Waals surface area contributed by atoms with E-state index in [1.165, 1.54) is 29.5 Å². The maximum absolute atomic E-state index is 12.6. The van der Waals surface area contributed by atoms with Gasteiger partial charge < -0.3 is 10.2 Å². The minimum Gasteiger partial charge on any atom is -0.349 e. The van der Waals surface area contributed by atoms with Crippen molar-refractivity contribution in [3.8, 4) is 0 Å². The van der Waals surface area contributed by atoms with E-state index in [-0.39, 0.29) is 17.3 Å². The van der Waals surface area contributed by atoms with Crippen LogP contribution in [0.15, 0.2) is 36.9 Å². The number of nitrogens with one attached hydrogen (secondary N) is 1. The third-order valence-electron chi connectivity index (χ3n) is 3.89. The molecule has 0 saturated carbocycles. The lowest BCUT2D eigenvalue weighted by molar-refractivity contribution is -0.384. The third kappa shape index (κ3) is 5.21. The number of nitro groups is 1. The van der Waals surface area contributed by atoms with Gasteiger partial charge in [-0.1, -0.05) is 26.0 Å². The van der Waals surface area contributed by atoms with Gasteiger partial charge >= 0.3 is 0 Å². The van der Waals surface area contributed by atoms with Crippen LogP contribution >= 0.6 is 0 Å². The second kappa shape index (κ2) is 9.42. The zero-order valence-electron chi connectivity index (χ0n) is 14.8. The zero-order chi connectivity index (χ0) is 18.9. The van der Waals surface area contributed by atoms with Gasteiger partial charge in [0.1, 0.15) is 18.4 Å². The third-order valence-corrected chi connectivity index (χ3v) is 3.89. The molecule has 0 aliphatic carbocycles. The van der Waals surface area contributed by atoms with Crippen molar-refractivity contribution in [1.82, 2.24) is 25.0 Å². The van der Waals surface area contributed by atoms with Gasteiger partial charge in [-0.2, -0.15) is 5.10 Å². The van der Waals surface area contributed by atoms with Crippen LogP contribution in [0.3, 0.4) is 0 Å². The van der Waals surface area contributed by atoms with Crippen LogP contribution < -0.4 is 5.32 Å². The fraction of sp³-hybridized carbons (Fsp3) is 0.353. The molecular weight excluding hydrogens is 336 g/mol. The average molecular weight is 358 g/mol. The van der Waals surface area contributed by atoms with Crippen LogP contribution in [-0.4, -0.2) is 56.7 Å². The number of rotatable bonds is 9. The lowest BCUT2D eigenvalue weighted by Crippen LogP contribution is -2.35. The van der Waals surface area contributed by atoms with Crippen molar-refractivity contribution in [3.63, 3.8) is 0 Å². The summed E-state index contributed by atoms with van der Waals surface area (Å²) in [4.78, 5) is 29.1.